The molecular formula is C14H19Cl3N2O2. The van der Waals surface area contributed by atoms with Crippen molar-refractivity contribution in [3.63, 3.8) is 0 Å². The van der Waals surface area contributed by atoms with Gasteiger partial charge in [-0.05, 0) is 38.4 Å². The Kier molecular flexibility index (Phi) is 7.60. The molecular weight excluding hydrogens is 335 g/mol. The molecule has 4 nitrogen and oxygen atoms in total. The monoisotopic (exact) mass is 352 g/mol. The van der Waals surface area contributed by atoms with Crippen molar-refractivity contribution in [3.05, 3.63) is 28.2 Å². The molecule has 1 aliphatic rings. The molecule has 1 fully saturated rings. The Balaban J connectivity index is 0.00000220. The summed E-state index contributed by atoms with van der Waals surface area (Å²) < 4.78 is 5.40. The van der Waals surface area contributed by atoms with Gasteiger partial charge in [-0.25, -0.2) is 0 Å². The normalized spacial score (nSPS) is 21.3. The van der Waals surface area contributed by atoms with E-state index in [0.29, 0.717) is 21.8 Å². The Morgan fingerprint density at radius 3 is 2.86 bits per heavy atom. The molecule has 118 valence electrons. The van der Waals surface area contributed by atoms with E-state index in [1.54, 1.807) is 18.2 Å². The lowest BCUT2D eigenvalue weighted by Gasteiger charge is -2.28. The van der Waals surface area contributed by atoms with Crippen LogP contribution in [0.1, 0.15) is 19.8 Å². The summed E-state index contributed by atoms with van der Waals surface area (Å²) in [4.78, 5) is 11.8. The summed E-state index contributed by atoms with van der Waals surface area (Å²) in [6.07, 6.45) is 1.89. The van der Waals surface area contributed by atoms with Crippen LogP contribution in [0.4, 0.5) is 0 Å². The van der Waals surface area contributed by atoms with Crippen LogP contribution in [0, 0.1) is 0 Å². The first-order chi connectivity index (χ1) is 9.54. The zero-order valence-corrected chi connectivity index (χ0v) is 14.0. The van der Waals surface area contributed by atoms with Crippen LogP contribution >= 0.6 is 35.6 Å². The lowest BCUT2D eigenvalue weighted by Crippen LogP contribution is -2.47. The van der Waals surface area contributed by atoms with Crippen molar-refractivity contribution in [1.29, 1.82) is 0 Å². The van der Waals surface area contributed by atoms with Gasteiger partial charge in [-0.3, -0.25) is 4.79 Å². The molecule has 21 heavy (non-hydrogen) atoms. The van der Waals surface area contributed by atoms with Crippen LogP contribution in [-0.4, -0.2) is 31.1 Å². The molecule has 0 saturated carbocycles. The number of hydrogen-bond acceptors (Lipinski definition) is 3. The minimum atomic E-state index is -0.116. The number of halogens is 3. The summed E-state index contributed by atoms with van der Waals surface area (Å²) in [5.74, 6) is 0.420. The number of rotatable bonds is 4. The van der Waals surface area contributed by atoms with E-state index in [-0.39, 0.29) is 31.0 Å². The van der Waals surface area contributed by atoms with Crippen LogP contribution in [-0.2, 0) is 4.79 Å². The highest BCUT2D eigenvalue weighted by Gasteiger charge is 2.19. The minimum Gasteiger partial charge on any atom is -0.484 e. The van der Waals surface area contributed by atoms with Gasteiger partial charge in [0.05, 0.1) is 10.0 Å². The fourth-order valence-corrected chi connectivity index (χ4v) is 2.54. The molecule has 1 heterocycles. The van der Waals surface area contributed by atoms with E-state index in [2.05, 4.69) is 17.6 Å². The lowest BCUT2D eigenvalue weighted by molar-refractivity contribution is -0.124. The Labute approximate surface area is 140 Å². The van der Waals surface area contributed by atoms with Crippen LogP contribution in [0.3, 0.4) is 0 Å². The number of hydrogen-bond donors (Lipinski definition) is 2. The molecule has 2 N–H and O–H groups in total. The van der Waals surface area contributed by atoms with E-state index >= 15 is 0 Å². The second-order valence-corrected chi connectivity index (χ2v) is 5.82. The van der Waals surface area contributed by atoms with E-state index in [1.807, 2.05) is 0 Å². The third-order valence-electron chi connectivity index (χ3n) is 3.25. The molecule has 2 atom stereocenters. The first-order valence-corrected chi connectivity index (χ1v) is 7.41. The minimum absolute atomic E-state index is 0. The summed E-state index contributed by atoms with van der Waals surface area (Å²) in [5.41, 5.74) is 0. The maximum Gasteiger partial charge on any atom is 0.258 e. The van der Waals surface area contributed by atoms with Gasteiger partial charge in [-0.15, -0.1) is 12.4 Å². The van der Waals surface area contributed by atoms with Crippen LogP contribution in [0.15, 0.2) is 18.2 Å². The third kappa shape index (κ3) is 5.91. The molecule has 0 aromatic heterocycles. The van der Waals surface area contributed by atoms with Gasteiger partial charge in [0.1, 0.15) is 5.75 Å². The zero-order chi connectivity index (χ0) is 14.5. The van der Waals surface area contributed by atoms with Gasteiger partial charge < -0.3 is 15.4 Å². The van der Waals surface area contributed by atoms with E-state index in [1.165, 1.54) is 0 Å². The van der Waals surface area contributed by atoms with Crippen molar-refractivity contribution in [3.8, 4) is 5.75 Å². The zero-order valence-electron chi connectivity index (χ0n) is 11.7. The molecule has 2 unspecified atom stereocenters. The van der Waals surface area contributed by atoms with Crippen molar-refractivity contribution in [1.82, 2.24) is 10.6 Å². The van der Waals surface area contributed by atoms with Crippen molar-refractivity contribution < 1.29 is 9.53 Å². The Hall–Kier alpha value is -0.680. The Bertz CT molecular complexity index is 485. The summed E-state index contributed by atoms with van der Waals surface area (Å²) in [5, 5.41) is 7.21. The average Bonchev–Trinajstić information content (AvgIpc) is 2.40. The van der Waals surface area contributed by atoms with Gasteiger partial charge in [0.15, 0.2) is 6.61 Å². The van der Waals surface area contributed by atoms with Gasteiger partial charge >= 0.3 is 0 Å². The van der Waals surface area contributed by atoms with E-state index in [0.717, 1.165) is 19.4 Å². The highest BCUT2D eigenvalue weighted by molar-refractivity contribution is 6.42. The van der Waals surface area contributed by atoms with Crippen molar-refractivity contribution in [2.24, 2.45) is 0 Å². The molecule has 1 saturated heterocycles. The SMILES string of the molecule is CC1CC(NC(=O)COc2ccc(Cl)c(Cl)c2)CCN1.Cl. The van der Waals surface area contributed by atoms with Crippen LogP contribution in [0.5, 0.6) is 5.75 Å². The van der Waals surface area contributed by atoms with Crippen LogP contribution in [0.25, 0.3) is 0 Å². The molecule has 1 aliphatic heterocycles. The summed E-state index contributed by atoms with van der Waals surface area (Å²) in [6, 6.07) is 5.59. The fourth-order valence-electron chi connectivity index (χ4n) is 2.25. The quantitative estimate of drug-likeness (QED) is 0.874. The molecule has 0 radical (unpaired) electrons. The molecule has 1 aromatic rings. The summed E-state index contributed by atoms with van der Waals surface area (Å²) in [7, 11) is 0. The molecule has 2 rings (SSSR count). The predicted octanol–water partition coefficient (Wildman–Crippen LogP) is 3.05. The second-order valence-electron chi connectivity index (χ2n) is 5.01. The summed E-state index contributed by atoms with van der Waals surface area (Å²) >= 11 is 11.7. The molecule has 0 bridgehead atoms. The van der Waals surface area contributed by atoms with E-state index < -0.39 is 0 Å². The van der Waals surface area contributed by atoms with Gasteiger partial charge in [0.2, 0.25) is 0 Å². The third-order valence-corrected chi connectivity index (χ3v) is 3.99. The maximum absolute atomic E-state index is 11.8. The maximum atomic E-state index is 11.8. The number of amides is 1. The smallest absolute Gasteiger partial charge is 0.258 e. The predicted molar refractivity (Wildman–Crippen MR) is 87.8 cm³/mol. The number of piperidine rings is 1. The molecule has 7 heteroatoms. The molecule has 1 amide bonds. The van der Waals surface area contributed by atoms with E-state index in [4.69, 9.17) is 27.9 Å². The van der Waals surface area contributed by atoms with Gasteiger partial charge in [0.25, 0.3) is 5.91 Å². The highest BCUT2D eigenvalue weighted by atomic mass is 35.5. The highest BCUT2D eigenvalue weighted by Crippen LogP contribution is 2.26. The standard InChI is InChI=1S/C14H18Cl2N2O2.ClH/c1-9-6-10(4-5-17-9)18-14(19)8-20-11-2-3-12(15)13(16)7-11;/h2-3,7,9-10,17H,4-6,8H2,1H3,(H,18,19);1H. The van der Waals surface area contributed by atoms with E-state index in [9.17, 15) is 4.79 Å². The average molecular weight is 354 g/mol. The largest absolute Gasteiger partial charge is 0.484 e. The fraction of sp³-hybridized carbons (Fsp3) is 0.500. The first kappa shape index (κ1) is 18.4. The van der Waals surface area contributed by atoms with Crippen LogP contribution < -0.4 is 15.4 Å². The first-order valence-electron chi connectivity index (χ1n) is 6.65. The molecule has 1 aromatic carbocycles. The van der Waals surface area contributed by atoms with Crippen molar-refractivity contribution >= 4 is 41.5 Å². The van der Waals surface area contributed by atoms with Crippen molar-refractivity contribution in [2.45, 2.75) is 31.8 Å². The van der Waals surface area contributed by atoms with Gasteiger partial charge in [0, 0.05) is 18.2 Å². The second kappa shape index (κ2) is 8.69. The Morgan fingerprint density at radius 1 is 1.43 bits per heavy atom. The lowest BCUT2D eigenvalue weighted by atomic mass is 10.0. The molecule has 0 spiro atoms. The Morgan fingerprint density at radius 2 is 2.19 bits per heavy atom. The van der Waals surface area contributed by atoms with Crippen LogP contribution in [0.2, 0.25) is 10.0 Å². The number of carbonyl (C=O) groups is 1. The number of ether oxygens (including phenoxy) is 1. The summed E-state index contributed by atoms with van der Waals surface area (Å²) in [6.45, 7) is 3.03. The number of benzene rings is 1. The number of nitrogens with one attached hydrogen (secondary N) is 2. The van der Waals surface area contributed by atoms with Gasteiger partial charge in [-0.2, -0.15) is 0 Å². The van der Waals surface area contributed by atoms with Gasteiger partial charge in [-0.1, -0.05) is 23.2 Å². The topological polar surface area (TPSA) is 50.4 Å². The van der Waals surface area contributed by atoms with Crippen molar-refractivity contribution in [2.75, 3.05) is 13.2 Å². The molecule has 0 aliphatic carbocycles. The number of carbonyl (C=O) groups excluding carboxylic acids is 1.